The summed E-state index contributed by atoms with van der Waals surface area (Å²) in [5.74, 6) is 0. The molecule has 19 heavy (non-hydrogen) atoms. The predicted molar refractivity (Wildman–Crippen MR) is 75.0 cm³/mol. The maximum atomic E-state index is 11.6. The van der Waals surface area contributed by atoms with Crippen molar-refractivity contribution in [2.75, 3.05) is 0 Å². The fraction of sp³-hybridized carbons (Fsp3) is 0. The SMILES string of the molecule is [2H]c1c([2H])c([2H])c2c(c1[2H])-c1c([2H])c([2H])c([2H])c3c([N+](=O)[O-])c([2H])c([2H])c-2c13. The molecule has 0 spiro atoms. The van der Waals surface area contributed by atoms with Crippen LogP contribution in [0.15, 0.2) is 54.4 Å². The molecular weight excluding hydrogens is 238 g/mol. The Morgan fingerprint density at radius 1 is 0.842 bits per heavy atom. The van der Waals surface area contributed by atoms with E-state index in [-0.39, 0.29) is 27.6 Å². The molecule has 0 bridgehead atoms. The summed E-state index contributed by atoms with van der Waals surface area (Å²) in [4.78, 5) is 10.6. The Kier molecular flexibility index (Phi) is 0.859. The first-order valence-corrected chi connectivity index (χ1v) is 5.34. The number of fused-ring (bicyclic) bond motifs is 3. The van der Waals surface area contributed by atoms with Crippen molar-refractivity contribution >= 4 is 16.5 Å². The molecule has 0 heterocycles. The number of hydrogen-bond donors (Lipinski definition) is 0. The lowest BCUT2D eigenvalue weighted by atomic mass is 10.0. The average Bonchev–Trinajstić information content (AvgIpc) is 3.00. The molecule has 0 radical (unpaired) electrons. The summed E-state index contributed by atoms with van der Waals surface area (Å²) >= 11 is 0. The highest BCUT2D eigenvalue weighted by Crippen LogP contribution is 2.48. The summed E-state index contributed by atoms with van der Waals surface area (Å²) in [6.07, 6.45) is 0. The quantitative estimate of drug-likeness (QED) is 0.374. The Balaban J connectivity index is 2.46. The molecule has 0 aromatic heterocycles. The third-order valence-electron chi connectivity index (χ3n) is 3.04. The van der Waals surface area contributed by atoms with Gasteiger partial charge in [-0.2, -0.15) is 0 Å². The highest BCUT2D eigenvalue weighted by Gasteiger charge is 2.24. The summed E-state index contributed by atoms with van der Waals surface area (Å²) in [7, 11) is 0. The molecule has 0 aliphatic heterocycles. The Bertz CT molecular complexity index is 1250. The Hall–Kier alpha value is -2.68. The monoisotopic (exact) mass is 256 g/mol. The molecule has 4 rings (SSSR count). The van der Waals surface area contributed by atoms with E-state index in [1.807, 2.05) is 0 Å². The molecule has 3 aromatic carbocycles. The lowest BCUT2D eigenvalue weighted by Crippen LogP contribution is -1.89. The van der Waals surface area contributed by atoms with Crippen LogP contribution in [-0.4, -0.2) is 4.92 Å². The maximum absolute atomic E-state index is 11.6. The molecule has 3 aromatic rings. The van der Waals surface area contributed by atoms with Crippen LogP contribution in [0.1, 0.15) is 12.3 Å². The van der Waals surface area contributed by atoms with E-state index in [1.165, 1.54) is 0 Å². The molecule has 1 aliphatic carbocycles. The number of nitro groups is 1. The normalized spacial score (nSPS) is 18.2. The summed E-state index contributed by atoms with van der Waals surface area (Å²) in [6.45, 7) is 0. The fourth-order valence-electron chi connectivity index (χ4n) is 2.28. The van der Waals surface area contributed by atoms with Crippen molar-refractivity contribution in [2.45, 2.75) is 0 Å². The van der Waals surface area contributed by atoms with Crippen LogP contribution in [-0.2, 0) is 0 Å². The molecule has 0 saturated heterocycles. The van der Waals surface area contributed by atoms with E-state index in [4.69, 9.17) is 12.3 Å². The van der Waals surface area contributed by atoms with Crippen LogP contribution in [0, 0.1) is 10.1 Å². The van der Waals surface area contributed by atoms with Crippen LogP contribution in [0.5, 0.6) is 0 Å². The molecule has 0 atom stereocenters. The van der Waals surface area contributed by atoms with Gasteiger partial charge in [0.05, 0.1) is 22.6 Å². The summed E-state index contributed by atoms with van der Waals surface area (Å²) < 4.78 is 72.9. The molecule has 0 fully saturated rings. The lowest BCUT2D eigenvalue weighted by Gasteiger charge is -2.02. The van der Waals surface area contributed by atoms with Gasteiger partial charge in [-0.1, -0.05) is 36.3 Å². The van der Waals surface area contributed by atoms with E-state index in [9.17, 15) is 10.1 Å². The highest BCUT2D eigenvalue weighted by molar-refractivity contribution is 6.17. The minimum atomic E-state index is -0.928. The number of rotatable bonds is 1. The lowest BCUT2D eigenvalue weighted by molar-refractivity contribution is -0.383. The Morgan fingerprint density at radius 2 is 1.47 bits per heavy atom. The number of nitro benzene ring substituents is 1. The van der Waals surface area contributed by atoms with Crippen LogP contribution in [0.25, 0.3) is 33.0 Å². The van der Waals surface area contributed by atoms with E-state index in [0.717, 1.165) is 0 Å². The van der Waals surface area contributed by atoms with Gasteiger partial charge in [-0.15, -0.1) is 0 Å². The molecule has 3 heteroatoms. The zero-order valence-electron chi connectivity index (χ0n) is 18.3. The molecule has 3 nitrogen and oxygen atoms in total. The molecule has 90 valence electrons. The van der Waals surface area contributed by atoms with Crippen molar-refractivity contribution < 1.29 is 17.3 Å². The molecule has 0 amide bonds. The van der Waals surface area contributed by atoms with Crippen molar-refractivity contribution in [1.29, 1.82) is 0 Å². The number of hydrogen-bond acceptors (Lipinski definition) is 2. The summed E-state index contributed by atoms with van der Waals surface area (Å²) in [5.41, 5.74) is -1.43. The van der Waals surface area contributed by atoms with E-state index >= 15 is 0 Å². The van der Waals surface area contributed by atoms with Crippen LogP contribution >= 0.6 is 0 Å². The molecular formula is C16H9NO2. The van der Waals surface area contributed by atoms with E-state index < -0.39 is 70.4 Å². The zero-order valence-corrected chi connectivity index (χ0v) is 9.26. The van der Waals surface area contributed by atoms with Gasteiger partial charge in [0, 0.05) is 11.4 Å². The van der Waals surface area contributed by atoms with Crippen LogP contribution < -0.4 is 0 Å². The average molecular weight is 256 g/mol. The Morgan fingerprint density at radius 3 is 2.16 bits per heavy atom. The van der Waals surface area contributed by atoms with Gasteiger partial charge in [0.1, 0.15) is 0 Å². The van der Waals surface area contributed by atoms with Gasteiger partial charge in [-0.3, -0.25) is 10.1 Å². The second-order valence-corrected chi connectivity index (χ2v) is 3.98. The summed E-state index contributed by atoms with van der Waals surface area (Å²) in [5, 5.41) is 11.0. The van der Waals surface area contributed by atoms with Crippen molar-refractivity contribution in [1.82, 2.24) is 0 Å². The van der Waals surface area contributed by atoms with E-state index in [2.05, 4.69) is 0 Å². The first-order chi connectivity index (χ1) is 13.0. The molecule has 0 saturated carbocycles. The third-order valence-corrected chi connectivity index (χ3v) is 3.04. The smallest absolute Gasteiger partial charge is 0.258 e. The zero-order chi connectivity index (χ0) is 20.8. The van der Waals surface area contributed by atoms with Gasteiger partial charge in [0.15, 0.2) is 0 Å². The topological polar surface area (TPSA) is 43.1 Å². The van der Waals surface area contributed by atoms with Gasteiger partial charge >= 0.3 is 0 Å². The van der Waals surface area contributed by atoms with Gasteiger partial charge in [0.25, 0.3) is 5.69 Å². The highest BCUT2D eigenvalue weighted by atomic mass is 16.6. The van der Waals surface area contributed by atoms with Crippen molar-refractivity contribution in [3.8, 4) is 22.3 Å². The van der Waals surface area contributed by atoms with Crippen LogP contribution in [0.2, 0.25) is 0 Å². The van der Waals surface area contributed by atoms with Crippen molar-refractivity contribution in [3.63, 3.8) is 0 Å². The predicted octanol–water partition coefficient (Wildman–Crippen LogP) is 4.40. The summed E-state index contributed by atoms with van der Waals surface area (Å²) in [6, 6.07) is -5.46. The molecule has 1 aliphatic rings. The molecule has 0 N–H and O–H groups in total. The van der Waals surface area contributed by atoms with Crippen molar-refractivity contribution in [3.05, 3.63) is 64.5 Å². The van der Waals surface area contributed by atoms with Crippen molar-refractivity contribution in [2.24, 2.45) is 0 Å². The number of benzene rings is 3. The van der Waals surface area contributed by atoms with E-state index in [0.29, 0.717) is 0 Å². The van der Waals surface area contributed by atoms with E-state index in [1.54, 1.807) is 0 Å². The minimum absolute atomic E-state index is 0.124. The fourth-order valence-corrected chi connectivity index (χ4v) is 2.28. The second-order valence-electron chi connectivity index (χ2n) is 3.98. The third kappa shape index (κ3) is 1.21. The number of nitrogens with zero attached hydrogens (tertiary/aromatic N) is 1. The largest absolute Gasteiger partial charge is 0.277 e. The molecule has 0 unspecified atom stereocenters. The first-order valence-electron chi connectivity index (χ1n) is 9.84. The van der Waals surface area contributed by atoms with Crippen LogP contribution in [0.3, 0.4) is 0 Å². The Labute approximate surface area is 121 Å². The standard InChI is InChI=1S/C16H9NO2/c18-17(19)15-9-8-13-11-5-2-1-4-10(11)12-6-3-7-14(15)16(12)13/h1-9H/i1D,2D,3D,4D,5D,6D,7D,8D,9D. The second kappa shape index (κ2) is 3.42. The van der Waals surface area contributed by atoms with Gasteiger partial charge in [-0.25, -0.2) is 0 Å². The maximum Gasteiger partial charge on any atom is 0.277 e. The van der Waals surface area contributed by atoms with Gasteiger partial charge in [0.2, 0.25) is 0 Å². The van der Waals surface area contributed by atoms with Crippen LogP contribution in [0.4, 0.5) is 5.69 Å². The minimum Gasteiger partial charge on any atom is -0.258 e. The van der Waals surface area contributed by atoms with Gasteiger partial charge < -0.3 is 0 Å². The van der Waals surface area contributed by atoms with Gasteiger partial charge in [-0.05, 0) is 34.3 Å². The first kappa shape index (κ1) is 4.78.